The van der Waals surface area contributed by atoms with Crippen LogP contribution in [0.4, 0.5) is 0 Å². The van der Waals surface area contributed by atoms with Gasteiger partial charge < -0.3 is 5.32 Å². The van der Waals surface area contributed by atoms with Gasteiger partial charge in [-0.25, -0.2) is 0 Å². The van der Waals surface area contributed by atoms with Crippen molar-refractivity contribution in [2.24, 2.45) is 0 Å². The summed E-state index contributed by atoms with van der Waals surface area (Å²) in [4.78, 5) is 3.99. The van der Waals surface area contributed by atoms with E-state index in [-0.39, 0.29) is 6.04 Å². The van der Waals surface area contributed by atoms with E-state index in [4.69, 9.17) is 34.8 Å². The van der Waals surface area contributed by atoms with Crippen LogP contribution in [-0.4, -0.2) is 12.0 Å². The fourth-order valence-electron chi connectivity index (χ4n) is 1.94. The highest BCUT2D eigenvalue weighted by Gasteiger charge is 2.15. The van der Waals surface area contributed by atoms with Crippen LogP contribution in [0.1, 0.15) is 17.2 Å². The first kappa shape index (κ1) is 14.6. The lowest BCUT2D eigenvalue weighted by Crippen LogP contribution is -2.19. The lowest BCUT2D eigenvalue weighted by Gasteiger charge is -2.18. The van der Waals surface area contributed by atoms with E-state index in [1.807, 2.05) is 25.2 Å². The van der Waals surface area contributed by atoms with E-state index in [2.05, 4.69) is 10.3 Å². The largest absolute Gasteiger partial charge is 0.313 e. The Morgan fingerprint density at radius 3 is 2.58 bits per heavy atom. The van der Waals surface area contributed by atoms with Crippen LogP contribution in [0.2, 0.25) is 15.1 Å². The van der Waals surface area contributed by atoms with Gasteiger partial charge in [-0.2, -0.15) is 0 Å². The maximum absolute atomic E-state index is 6.20. The fraction of sp³-hybridized carbons (Fsp3) is 0.214. The molecule has 1 unspecified atom stereocenters. The molecule has 0 saturated heterocycles. The normalized spacial score (nSPS) is 12.4. The summed E-state index contributed by atoms with van der Waals surface area (Å²) >= 11 is 18.3. The van der Waals surface area contributed by atoms with E-state index in [9.17, 15) is 0 Å². The van der Waals surface area contributed by atoms with Crippen LogP contribution in [0.25, 0.3) is 0 Å². The van der Waals surface area contributed by atoms with Crippen molar-refractivity contribution in [2.45, 2.75) is 12.5 Å². The van der Waals surface area contributed by atoms with Crippen molar-refractivity contribution >= 4 is 34.8 Å². The summed E-state index contributed by atoms with van der Waals surface area (Å²) in [6, 6.07) is 7.51. The summed E-state index contributed by atoms with van der Waals surface area (Å²) < 4.78 is 0. The SMILES string of the molecule is CNC(Cc1ccc(Cl)cc1Cl)c1ccncc1Cl. The number of halogens is 3. The third-order valence-electron chi connectivity index (χ3n) is 2.97. The molecule has 1 aromatic carbocycles. The Morgan fingerprint density at radius 1 is 1.16 bits per heavy atom. The smallest absolute Gasteiger partial charge is 0.0637 e. The summed E-state index contributed by atoms with van der Waals surface area (Å²) in [5, 5.41) is 5.19. The third kappa shape index (κ3) is 3.61. The standard InChI is InChI=1S/C14H13Cl3N2/c1-18-14(11-4-5-19-8-13(11)17)6-9-2-3-10(15)7-12(9)16/h2-5,7-8,14,18H,6H2,1H3. The van der Waals surface area contributed by atoms with Crippen molar-refractivity contribution in [1.29, 1.82) is 0 Å². The minimum absolute atomic E-state index is 0.0779. The van der Waals surface area contributed by atoms with Gasteiger partial charge in [-0.3, -0.25) is 4.98 Å². The molecule has 100 valence electrons. The molecular formula is C14H13Cl3N2. The number of hydrogen-bond donors (Lipinski definition) is 1. The predicted molar refractivity (Wildman–Crippen MR) is 81.2 cm³/mol. The van der Waals surface area contributed by atoms with Gasteiger partial charge >= 0.3 is 0 Å². The Morgan fingerprint density at radius 2 is 1.95 bits per heavy atom. The van der Waals surface area contributed by atoms with Crippen LogP contribution in [-0.2, 0) is 6.42 Å². The van der Waals surface area contributed by atoms with E-state index < -0.39 is 0 Å². The van der Waals surface area contributed by atoms with Crippen LogP contribution in [0.3, 0.4) is 0 Å². The first-order valence-corrected chi connectivity index (χ1v) is 6.96. The lowest BCUT2D eigenvalue weighted by atomic mass is 10.00. The molecule has 0 radical (unpaired) electrons. The van der Waals surface area contributed by atoms with Crippen LogP contribution in [0.15, 0.2) is 36.7 Å². The number of hydrogen-bond acceptors (Lipinski definition) is 2. The molecule has 1 atom stereocenters. The van der Waals surface area contributed by atoms with Gasteiger partial charge in [-0.15, -0.1) is 0 Å². The van der Waals surface area contributed by atoms with Gasteiger partial charge in [0, 0.05) is 28.5 Å². The zero-order valence-corrected chi connectivity index (χ0v) is 12.6. The minimum Gasteiger partial charge on any atom is -0.313 e. The molecule has 0 aliphatic heterocycles. The van der Waals surface area contributed by atoms with Crippen molar-refractivity contribution in [3.63, 3.8) is 0 Å². The summed E-state index contributed by atoms with van der Waals surface area (Å²) in [5.74, 6) is 0. The zero-order valence-electron chi connectivity index (χ0n) is 10.3. The quantitative estimate of drug-likeness (QED) is 0.895. The van der Waals surface area contributed by atoms with Crippen LogP contribution >= 0.6 is 34.8 Å². The molecule has 2 aromatic rings. The second-order valence-electron chi connectivity index (χ2n) is 4.18. The molecule has 0 spiro atoms. The van der Waals surface area contributed by atoms with Gasteiger partial charge in [-0.1, -0.05) is 40.9 Å². The lowest BCUT2D eigenvalue weighted by molar-refractivity contribution is 0.591. The molecule has 5 heteroatoms. The van der Waals surface area contributed by atoms with E-state index in [1.54, 1.807) is 18.5 Å². The Kier molecular flexibility index (Phi) is 5.06. The molecule has 19 heavy (non-hydrogen) atoms. The van der Waals surface area contributed by atoms with Gasteiger partial charge in [0.05, 0.1) is 5.02 Å². The van der Waals surface area contributed by atoms with Crippen molar-refractivity contribution < 1.29 is 0 Å². The van der Waals surface area contributed by atoms with Gasteiger partial charge in [0.1, 0.15) is 0 Å². The monoisotopic (exact) mass is 314 g/mol. The molecule has 2 nitrogen and oxygen atoms in total. The molecule has 0 amide bonds. The van der Waals surface area contributed by atoms with Crippen LogP contribution < -0.4 is 5.32 Å². The van der Waals surface area contributed by atoms with Gasteiger partial charge in [-0.05, 0) is 42.8 Å². The second kappa shape index (κ2) is 6.58. The van der Waals surface area contributed by atoms with E-state index in [0.717, 1.165) is 17.5 Å². The first-order valence-electron chi connectivity index (χ1n) is 5.82. The number of nitrogens with zero attached hydrogens (tertiary/aromatic N) is 1. The van der Waals surface area contributed by atoms with Crippen molar-refractivity contribution in [3.05, 3.63) is 62.9 Å². The molecule has 0 aliphatic carbocycles. The summed E-state index contributed by atoms with van der Waals surface area (Å²) in [6.07, 6.45) is 4.11. The maximum Gasteiger partial charge on any atom is 0.0637 e. The van der Waals surface area contributed by atoms with Crippen molar-refractivity contribution in [1.82, 2.24) is 10.3 Å². The molecule has 1 aromatic heterocycles. The highest BCUT2D eigenvalue weighted by molar-refractivity contribution is 6.35. The summed E-state index contributed by atoms with van der Waals surface area (Å²) in [7, 11) is 1.89. The number of pyridine rings is 1. The number of aromatic nitrogens is 1. The van der Waals surface area contributed by atoms with E-state index in [0.29, 0.717) is 15.1 Å². The first-order chi connectivity index (χ1) is 9.11. The number of likely N-dealkylation sites (N-methyl/N-ethyl adjacent to an activating group) is 1. The minimum atomic E-state index is 0.0779. The number of rotatable bonds is 4. The highest BCUT2D eigenvalue weighted by Crippen LogP contribution is 2.28. The fourth-order valence-corrected chi connectivity index (χ4v) is 2.68. The molecule has 0 aliphatic rings. The Bertz CT molecular complexity index is 572. The van der Waals surface area contributed by atoms with Gasteiger partial charge in [0.15, 0.2) is 0 Å². The Balaban J connectivity index is 2.27. The number of benzene rings is 1. The second-order valence-corrected chi connectivity index (χ2v) is 5.43. The average molecular weight is 316 g/mol. The number of nitrogens with one attached hydrogen (secondary N) is 1. The predicted octanol–water partition coefficient (Wildman–Crippen LogP) is 4.55. The van der Waals surface area contributed by atoms with Crippen molar-refractivity contribution in [2.75, 3.05) is 7.05 Å². The summed E-state index contributed by atoms with van der Waals surface area (Å²) in [5.41, 5.74) is 2.03. The maximum atomic E-state index is 6.20. The molecule has 1 N–H and O–H groups in total. The van der Waals surface area contributed by atoms with Gasteiger partial charge in [0.2, 0.25) is 0 Å². The summed E-state index contributed by atoms with van der Waals surface area (Å²) in [6.45, 7) is 0. The molecular weight excluding hydrogens is 303 g/mol. The Labute approximate surface area is 127 Å². The molecule has 0 saturated carbocycles. The van der Waals surface area contributed by atoms with Crippen LogP contribution in [0.5, 0.6) is 0 Å². The molecule has 1 heterocycles. The highest BCUT2D eigenvalue weighted by atomic mass is 35.5. The topological polar surface area (TPSA) is 24.9 Å². The van der Waals surface area contributed by atoms with E-state index in [1.165, 1.54) is 0 Å². The van der Waals surface area contributed by atoms with Crippen molar-refractivity contribution in [3.8, 4) is 0 Å². The molecule has 0 bridgehead atoms. The van der Waals surface area contributed by atoms with E-state index >= 15 is 0 Å². The Hall–Kier alpha value is -0.800. The third-order valence-corrected chi connectivity index (χ3v) is 3.87. The average Bonchev–Trinajstić information content (AvgIpc) is 2.39. The van der Waals surface area contributed by atoms with Gasteiger partial charge in [0.25, 0.3) is 0 Å². The van der Waals surface area contributed by atoms with Crippen LogP contribution in [0, 0.1) is 0 Å². The molecule has 0 fully saturated rings. The zero-order chi connectivity index (χ0) is 13.8. The molecule has 2 rings (SSSR count).